The minimum absolute atomic E-state index is 0.0276. The molecular weight excluding hydrogens is 408 g/mol. The molecule has 0 spiro atoms. The predicted octanol–water partition coefficient (Wildman–Crippen LogP) is 4.75. The normalized spacial score (nSPS) is 11.4. The Morgan fingerprint density at radius 2 is 1.75 bits per heavy atom. The lowest BCUT2D eigenvalue weighted by molar-refractivity contribution is 0.0992. The van der Waals surface area contributed by atoms with Gasteiger partial charge < -0.3 is 15.2 Å². The van der Waals surface area contributed by atoms with E-state index in [1.807, 2.05) is 36.4 Å². The Hall–Kier alpha value is -4.79. The molecule has 2 aromatic heterocycles. The summed E-state index contributed by atoms with van der Waals surface area (Å²) in [5.74, 6) is -1.21. The van der Waals surface area contributed by atoms with Gasteiger partial charge >= 0.3 is 0 Å². The van der Waals surface area contributed by atoms with Crippen molar-refractivity contribution in [2.24, 2.45) is 10.2 Å². The van der Waals surface area contributed by atoms with Gasteiger partial charge in [0.25, 0.3) is 5.91 Å². The first-order valence-corrected chi connectivity index (χ1v) is 9.67. The number of aromatic amines is 1. The largest absolute Gasteiger partial charge is 0.507 e. The van der Waals surface area contributed by atoms with Crippen LogP contribution in [0.3, 0.4) is 0 Å². The molecule has 32 heavy (non-hydrogen) atoms. The molecule has 0 fully saturated rings. The van der Waals surface area contributed by atoms with Crippen LogP contribution < -0.4 is 0 Å². The van der Waals surface area contributed by atoms with Crippen LogP contribution >= 0.6 is 0 Å². The molecule has 3 N–H and O–H groups in total. The third-order valence-electron chi connectivity index (χ3n) is 4.94. The van der Waals surface area contributed by atoms with Gasteiger partial charge in [-0.1, -0.05) is 53.7 Å². The molecule has 0 aliphatic carbocycles. The maximum Gasteiger partial charge on any atom is 0.299 e. The van der Waals surface area contributed by atoms with Crippen molar-refractivity contribution in [1.29, 1.82) is 0 Å². The number of nitrogens with one attached hydrogen (secondary N) is 1. The van der Waals surface area contributed by atoms with Gasteiger partial charge in [-0.25, -0.2) is 4.68 Å². The lowest BCUT2D eigenvalue weighted by Crippen LogP contribution is -1.99. The number of phenolic OH excluding ortho intramolecular Hbond substituents is 1. The van der Waals surface area contributed by atoms with Crippen molar-refractivity contribution in [2.75, 3.05) is 0 Å². The van der Waals surface area contributed by atoms with E-state index in [9.17, 15) is 15.0 Å². The van der Waals surface area contributed by atoms with Crippen LogP contribution in [-0.2, 0) is 0 Å². The fourth-order valence-electron chi connectivity index (χ4n) is 3.34. The molecule has 3 aromatic carbocycles. The van der Waals surface area contributed by atoms with Gasteiger partial charge in [-0.05, 0) is 18.2 Å². The van der Waals surface area contributed by atoms with Crippen LogP contribution in [-0.4, -0.2) is 36.1 Å². The number of phenols is 1. The molecule has 2 heterocycles. The number of carbonyl (C=O) groups excluding carboxylic acids is 1. The molecule has 0 unspecified atom stereocenters. The van der Waals surface area contributed by atoms with Crippen LogP contribution in [0.1, 0.15) is 10.4 Å². The number of fused-ring (bicyclic) bond motifs is 1. The van der Waals surface area contributed by atoms with Crippen LogP contribution in [0.25, 0.3) is 27.8 Å². The Bertz CT molecular complexity index is 1470. The molecule has 0 radical (unpaired) electrons. The van der Waals surface area contributed by atoms with Crippen LogP contribution in [0, 0.1) is 0 Å². The van der Waals surface area contributed by atoms with Crippen molar-refractivity contribution in [1.82, 2.24) is 20.0 Å². The average molecular weight is 424 g/mol. The van der Waals surface area contributed by atoms with Gasteiger partial charge in [-0.3, -0.25) is 4.79 Å². The number of carbonyl (C=O) groups is 1. The van der Waals surface area contributed by atoms with Crippen LogP contribution in [0.4, 0.5) is 5.69 Å². The number of hydrogen-bond donors (Lipinski definition) is 3. The molecule has 0 saturated heterocycles. The third-order valence-corrected chi connectivity index (χ3v) is 4.94. The van der Waals surface area contributed by atoms with E-state index >= 15 is 0 Å². The number of aromatic nitrogens is 4. The minimum atomic E-state index is -0.748. The SMILES string of the molecule is O=C(N=Nc1c(O)[nH]c2ccccc12)c1ccc(-n2cc(-c3ccccc3)nn2)cc1O. The van der Waals surface area contributed by atoms with Gasteiger partial charge in [0, 0.05) is 17.0 Å². The van der Waals surface area contributed by atoms with Crippen molar-refractivity contribution in [3.63, 3.8) is 0 Å². The first-order chi connectivity index (χ1) is 15.6. The zero-order chi connectivity index (χ0) is 22.1. The highest BCUT2D eigenvalue weighted by molar-refractivity contribution is 5.98. The summed E-state index contributed by atoms with van der Waals surface area (Å²) < 4.78 is 1.50. The number of benzene rings is 3. The number of aromatic hydroxyl groups is 2. The Labute approximate surface area is 181 Å². The summed E-state index contributed by atoms with van der Waals surface area (Å²) in [5.41, 5.74) is 2.91. The summed E-state index contributed by atoms with van der Waals surface area (Å²) in [7, 11) is 0. The standard InChI is InChI=1S/C23H16N6O3/c30-20-12-15(29-13-19(25-28-29)14-6-2-1-3-7-14)10-11-17(20)22(31)27-26-21-16-8-4-5-9-18(16)24-23(21)32/h1-13,24,30,32H. The van der Waals surface area contributed by atoms with E-state index in [1.54, 1.807) is 30.5 Å². The molecular formula is C23H16N6O3. The molecule has 0 saturated carbocycles. The van der Waals surface area contributed by atoms with E-state index < -0.39 is 5.91 Å². The maximum absolute atomic E-state index is 12.5. The van der Waals surface area contributed by atoms with Crippen molar-refractivity contribution in [2.45, 2.75) is 0 Å². The van der Waals surface area contributed by atoms with E-state index in [0.717, 1.165) is 5.56 Å². The summed E-state index contributed by atoms with van der Waals surface area (Å²) in [5, 5.41) is 36.8. The summed E-state index contributed by atoms with van der Waals surface area (Å²) in [6, 6.07) is 21.1. The zero-order valence-corrected chi connectivity index (χ0v) is 16.5. The summed E-state index contributed by atoms with van der Waals surface area (Å²) in [6.07, 6.45) is 1.73. The molecule has 5 aromatic rings. The maximum atomic E-state index is 12.5. The van der Waals surface area contributed by atoms with Crippen molar-refractivity contribution >= 4 is 22.5 Å². The molecule has 0 atom stereocenters. The minimum Gasteiger partial charge on any atom is -0.507 e. The topological polar surface area (TPSA) is 129 Å². The average Bonchev–Trinajstić information content (AvgIpc) is 3.42. The molecule has 0 bridgehead atoms. The van der Waals surface area contributed by atoms with Crippen LogP contribution in [0.15, 0.2) is 89.2 Å². The highest BCUT2D eigenvalue weighted by atomic mass is 16.3. The summed E-state index contributed by atoms with van der Waals surface area (Å²) in [6.45, 7) is 0. The first-order valence-electron chi connectivity index (χ1n) is 9.67. The second kappa shape index (κ2) is 7.80. The fourth-order valence-corrected chi connectivity index (χ4v) is 3.34. The quantitative estimate of drug-likeness (QED) is 0.359. The van der Waals surface area contributed by atoms with E-state index in [1.165, 1.54) is 16.8 Å². The van der Waals surface area contributed by atoms with E-state index in [-0.39, 0.29) is 22.9 Å². The number of rotatable bonds is 4. The number of H-pyrrole nitrogens is 1. The highest BCUT2D eigenvalue weighted by Gasteiger charge is 2.15. The van der Waals surface area contributed by atoms with Gasteiger partial charge in [-0.2, -0.15) is 0 Å². The smallest absolute Gasteiger partial charge is 0.299 e. The summed E-state index contributed by atoms with van der Waals surface area (Å²) >= 11 is 0. The second-order valence-electron chi connectivity index (χ2n) is 6.99. The molecule has 0 aliphatic heterocycles. The molecule has 9 heteroatoms. The van der Waals surface area contributed by atoms with Crippen molar-refractivity contribution in [3.05, 3.63) is 84.6 Å². The van der Waals surface area contributed by atoms with Gasteiger partial charge in [0.2, 0.25) is 5.88 Å². The monoisotopic (exact) mass is 424 g/mol. The van der Waals surface area contributed by atoms with E-state index in [0.29, 0.717) is 22.3 Å². The van der Waals surface area contributed by atoms with Crippen molar-refractivity contribution < 1.29 is 15.0 Å². The Morgan fingerprint density at radius 1 is 0.969 bits per heavy atom. The first kappa shape index (κ1) is 19.2. The van der Waals surface area contributed by atoms with Crippen LogP contribution in [0.2, 0.25) is 0 Å². The van der Waals surface area contributed by atoms with E-state index in [4.69, 9.17) is 0 Å². The lowest BCUT2D eigenvalue weighted by Gasteiger charge is -2.04. The van der Waals surface area contributed by atoms with Gasteiger partial charge in [-0.15, -0.1) is 15.3 Å². The summed E-state index contributed by atoms with van der Waals surface area (Å²) in [4.78, 5) is 15.3. The fraction of sp³-hybridized carbons (Fsp3) is 0. The second-order valence-corrected chi connectivity index (χ2v) is 6.99. The Morgan fingerprint density at radius 3 is 2.56 bits per heavy atom. The number of azo groups is 1. The number of nitrogens with zero attached hydrogens (tertiary/aromatic N) is 5. The van der Waals surface area contributed by atoms with Gasteiger partial charge in [0.05, 0.1) is 23.0 Å². The van der Waals surface area contributed by atoms with Gasteiger partial charge in [0.15, 0.2) is 5.69 Å². The lowest BCUT2D eigenvalue weighted by atomic mass is 10.1. The van der Waals surface area contributed by atoms with Crippen molar-refractivity contribution in [3.8, 4) is 28.6 Å². The predicted molar refractivity (Wildman–Crippen MR) is 117 cm³/mol. The Balaban J connectivity index is 1.40. The zero-order valence-electron chi connectivity index (χ0n) is 16.5. The number of para-hydroxylation sites is 1. The molecule has 0 aliphatic rings. The number of amides is 1. The van der Waals surface area contributed by atoms with Crippen LogP contribution in [0.5, 0.6) is 11.6 Å². The molecule has 5 rings (SSSR count). The molecule has 9 nitrogen and oxygen atoms in total. The number of hydrogen-bond acceptors (Lipinski definition) is 6. The third kappa shape index (κ3) is 3.47. The Kier molecular flexibility index (Phi) is 4.68. The van der Waals surface area contributed by atoms with E-state index in [2.05, 4.69) is 25.5 Å². The molecule has 1 amide bonds. The molecule has 156 valence electrons. The highest BCUT2D eigenvalue weighted by Crippen LogP contribution is 2.35. The van der Waals surface area contributed by atoms with Gasteiger partial charge in [0.1, 0.15) is 11.4 Å².